The molecule has 0 bridgehead atoms. The fourth-order valence-electron chi connectivity index (χ4n) is 2.92. The van der Waals surface area contributed by atoms with Crippen LogP contribution in [0.1, 0.15) is 28.1 Å². The van der Waals surface area contributed by atoms with E-state index in [0.717, 1.165) is 19.2 Å². The number of hydrogen-bond acceptors (Lipinski definition) is 4. The number of allylic oxidation sites excluding steroid dienone is 1. The first-order chi connectivity index (χ1) is 13.4. The maximum Gasteiger partial charge on any atom is 0.416 e. The smallest absolute Gasteiger partial charge is 0.327 e. The minimum Gasteiger partial charge on any atom is -0.327 e. The lowest BCUT2D eigenvalue weighted by Crippen LogP contribution is -2.20. The molecule has 1 heterocycles. The van der Waals surface area contributed by atoms with Crippen LogP contribution >= 0.6 is 0 Å². The van der Waals surface area contributed by atoms with Crippen LogP contribution in [-0.4, -0.2) is 31.8 Å². The van der Waals surface area contributed by atoms with E-state index in [-0.39, 0.29) is 25.1 Å². The number of nitrogens with one attached hydrogen (secondary N) is 1. The Bertz CT molecular complexity index is 1030. The molecule has 2 rings (SSSR count). The van der Waals surface area contributed by atoms with Gasteiger partial charge in [0.25, 0.3) is 0 Å². The Morgan fingerprint density at radius 2 is 1.97 bits per heavy atom. The quantitative estimate of drug-likeness (QED) is 0.656. The molecule has 0 spiro atoms. The normalized spacial score (nSPS) is 13.2. The summed E-state index contributed by atoms with van der Waals surface area (Å²) in [6, 6.07) is 2.81. The van der Waals surface area contributed by atoms with Crippen molar-refractivity contribution in [3.05, 3.63) is 58.2 Å². The number of halogens is 4. The molecule has 0 unspecified atom stereocenters. The van der Waals surface area contributed by atoms with Gasteiger partial charge < -0.3 is 5.73 Å². The monoisotopic (exact) mass is 434 g/mol. The molecule has 0 aliphatic heterocycles. The van der Waals surface area contributed by atoms with Crippen molar-refractivity contribution in [2.24, 2.45) is 5.73 Å². The fourth-order valence-corrected chi connectivity index (χ4v) is 3.67. The van der Waals surface area contributed by atoms with E-state index in [1.165, 1.54) is 10.8 Å². The highest BCUT2D eigenvalue weighted by atomic mass is 32.2. The summed E-state index contributed by atoms with van der Waals surface area (Å²) in [4.78, 5) is -0.487. The van der Waals surface area contributed by atoms with Crippen molar-refractivity contribution in [3.63, 3.8) is 0 Å². The lowest BCUT2D eigenvalue weighted by atomic mass is 10.1. The lowest BCUT2D eigenvalue weighted by molar-refractivity contribution is -0.138. The average Bonchev–Trinajstić information content (AvgIpc) is 2.88. The highest BCUT2D eigenvalue weighted by Gasteiger charge is 2.35. The number of aryl methyl sites for hydroxylation is 1. The topological polar surface area (TPSA) is 90.0 Å². The van der Waals surface area contributed by atoms with Gasteiger partial charge in [-0.25, -0.2) is 17.5 Å². The Morgan fingerprint density at radius 3 is 2.52 bits per heavy atom. The minimum absolute atomic E-state index is 0.0366. The van der Waals surface area contributed by atoms with Gasteiger partial charge in [-0.3, -0.25) is 4.68 Å². The van der Waals surface area contributed by atoms with Crippen molar-refractivity contribution in [3.8, 4) is 0 Å². The summed E-state index contributed by atoms with van der Waals surface area (Å²) in [6.45, 7) is 3.07. The second-order valence-corrected chi connectivity index (χ2v) is 8.28. The summed E-state index contributed by atoms with van der Waals surface area (Å²) in [5, 5.41) is 4.22. The second kappa shape index (κ2) is 8.64. The molecule has 29 heavy (non-hydrogen) atoms. The molecule has 1 aromatic heterocycles. The second-order valence-electron chi connectivity index (χ2n) is 6.39. The van der Waals surface area contributed by atoms with Gasteiger partial charge in [-0.15, -0.1) is 0 Å². The third-order valence-electron chi connectivity index (χ3n) is 4.50. The van der Waals surface area contributed by atoms with E-state index < -0.39 is 32.5 Å². The largest absolute Gasteiger partial charge is 0.416 e. The standard InChI is InChI=1S/C18H22F4N4O2S/c1-11-16(8-14(19)6-7-23)12(2)26(25-11)10-13-4-5-15(29(27,28)24-3)9-17(13)18(20,21)22/h4-6,9,24H,7-8,10,23H2,1-3H3. The van der Waals surface area contributed by atoms with Crippen LogP contribution in [0.25, 0.3) is 0 Å². The zero-order valence-electron chi connectivity index (χ0n) is 16.1. The van der Waals surface area contributed by atoms with Crippen LogP contribution in [0.5, 0.6) is 0 Å². The molecule has 0 atom stereocenters. The first-order valence-corrected chi connectivity index (χ1v) is 10.1. The zero-order valence-corrected chi connectivity index (χ0v) is 17.0. The van der Waals surface area contributed by atoms with E-state index in [2.05, 4.69) is 5.10 Å². The van der Waals surface area contributed by atoms with Crippen LogP contribution in [-0.2, 0) is 29.2 Å². The van der Waals surface area contributed by atoms with Crippen molar-refractivity contribution in [1.29, 1.82) is 0 Å². The van der Waals surface area contributed by atoms with Crippen molar-refractivity contribution in [1.82, 2.24) is 14.5 Å². The molecule has 0 radical (unpaired) electrons. The van der Waals surface area contributed by atoms with Gasteiger partial charge in [0.1, 0.15) is 5.83 Å². The maximum absolute atomic E-state index is 13.8. The molecule has 6 nitrogen and oxygen atoms in total. The van der Waals surface area contributed by atoms with Gasteiger partial charge in [0, 0.05) is 24.2 Å². The van der Waals surface area contributed by atoms with Crippen LogP contribution in [0.15, 0.2) is 35.0 Å². The Labute approximate surface area is 166 Å². The van der Waals surface area contributed by atoms with Crippen LogP contribution in [0, 0.1) is 13.8 Å². The van der Waals surface area contributed by atoms with Crippen LogP contribution < -0.4 is 10.5 Å². The van der Waals surface area contributed by atoms with Gasteiger partial charge in [-0.05, 0) is 44.7 Å². The van der Waals surface area contributed by atoms with Crippen molar-refractivity contribution in [2.75, 3.05) is 13.6 Å². The molecule has 160 valence electrons. The predicted molar refractivity (Wildman–Crippen MR) is 100 cm³/mol. The first kappa shape index (κ1) is 23.0. The molecule has 2 aromatic rings. The van der Waals surface area contributed by atoms with Gasteiger partial charge in [-0.1, -0.05) is 6.07 Å². The van der Waals surface area contributed by atoms with Gasteiger partial charge >= 0.3 is 6.18 Å². The average molecular weight is 434 g/mol. The van der Waals surface area contributed by atoms with Crippen molar-refractivity contribution >= 4 is 10.0 Å². The number of rotatable bonds is 7. The Kier molecular flexibility index (Phi) is 6.86. The third kappa shape index (κ3) is 5.22. The van der Waals surface area contributed by atoms with E-state index in [0.29, 0.717) is 23.0 Å². The summed E-state index contributed by atoms with van der Waals surface area (Å²) in [5.74, 6) is -0.448. The molecular formula is C18H22F4N4O2S. The van der Waals surface area contributed by atoms with Crippen LogP contribution in [0.2, 0.25) is 0 Å². The SMILES string of the molecule is CNS(=O)(=O)c1ccc(Cn2nc(C)c(CC(F)=CCN)c2C)c(C(F)(F)F)c1. The van der Waals surface area contributed by atoms with Gasteiger partial charge in [0.15, 0.2) is 0 Å². The molecular weight excluding hydrogens is 412 g/mol. The molecule has 0 aliphatic rings. The fraction of sp³-hybridized carbons (Fsp3) is 0.389. The number of alkyl halides is 3. The molecule has 3 N–H and O–H groups in total. The first-order valence-electron chi connectivity index (χ1n) is 8.61. The molecule has 0 fully saturated rings. The Hall–Kier alpha value is -2.24. The van der Waals surface area contributed by atoms with E-state index in [1.54, 1.807) is 13.8 Å². The van der Waals surface area contributed by atoms with E-state index >= 15 is 0 Å². The number of hydrogen-bond donors (Lipinski definition) is 2. The predicted octanol–water partition coefficient (Wildman–Crippen LogP) is 2.83. The van der Waals surface area contributed by atoms with Crippen molar-refractivity contribution < 1.29 is 26.0 Å². The van der Waals surface area contributed by atoms with Gasteiger partial charge in [0.2, 0.25) is 10.0 Å². The zero-order chi connectivity index (χ0) is 22.0. The highest BCUT2D eigenvalue weighted by Crippen LogP contribution is 2.34. The van der Waals surface area contributed by atoms with Crippen LogP contribution in [0.3, 0.4) is 0 Å². The molecule has 0 saturated carbocycles. The molecule has 11 heteroatoms. The number of benzene rings is 1. The summed E-state index contributed by atoms with van der Waals surface area (Å²) in [6.07, 6.45) is -3.59. The molecule has 0 aliphatic carbocycles. The van der Waals surface area contributed by atoms with Gasteiger partial charge in [0.05, 0.1) is 22.7 Å². The Balaban J connectivity index is 2.48. The van der Waals surface area contributed by atoms with E-state index in [4.69, 9.17) is 5.73 Å². The summed E-state index contributed by atoms with van der Waals surface area (Å²) >= 11 is 0. The maximum atomic E-state index is 13.8. The lowest BCUT2D eigenvalue weighted by Gasteiger charge is -2.15. The molecule has 0 amide bonds. The van der Waals surface area contributed by atoms with Gasteiger partial charge in [-0.2, -0.15) is 18.3 Å². The Morgan fingerprint density at radius 1 is 1.31 bits per heavy atom. The number of sulfonamides is 1. The third-order valence-corrected chi connectivity index (χ3v) is 5.91. The van der Waals surface area contributed by atoms with E-state index in [9.17, 15) is 26.0 Å². The van der Waals surface area contributed by atoms with Crippen LogP contribution in [0.4, 0.5) is 17.6 Å². The molecule has 1 aromatic carbocycles. The summed E-state index contributed by atoms with van der Waals surface area (Å²) in [5.41, 5.74) is 5.64. The summed E-state index contributed by atoms with van der Waals surface area (Å²) < 4.78 is 81.5. The van der Waals surface area contributed by atoms with E-state index in [1.807, 2.05) is 4.72 Å². The molecule has 0 saturated heterocycles. The minimum atomic E-state index is -4.76. The number of nitrogens with zero attached hydrogens (tertiary/aromatic N) is 2. The number of nitrogens with two attached hydrogens (primary N) is 1. The number of aromatic nitrogens is 2. The summed E-state index contributed by atoms with van der Waals surface area (Å²) in [7, 11) is -2.91. The highest BCUT2D eigenvalue weighted by molar-refractivity contribution is 7.89. The van der Waals surface area contributed by atoms with Crippen molar-refractivity contribution in [2.45, 2.75) is 37.9 Å².